The van der Waals surface area contributed by atoms with Crippen molar-refractivity contribution < 1.29 is 14.3 Å². The first-order chi connectivity index (χ1) is 7.24. The Kier molecular flexibility index (Phi) is 5.60. The summed E-state index contributed by atoms with van der Waals surface area (Å²) in [5, 5.41) is 0. The van der Waals surface area contributed by atoms with Gasteiger partial charge in [0.05, 0.1) is 19.8 Å². The van der Waals surface area contributed by atoms with Gasteiger partial charge < -0.3 is 20.1 Å². The predicted molar refractivity (Wildman–Crippen MR) is 56.5 cm³/mol. The lowest BCUT2D eigenvalue weighted by Crippen LogP contribution is -2.47. The molecule has 1 aliphatic heterocycles. The van der Waals surface area contributed by atoms with Crippen molar-refractivity contribution in [3.05, 3.63) is 0 Å². The number of hydrogen-bond acceptors (Lipinski definition) is 4. The minimum Gasteiger partial charge on any atom is -0.382 e. The van der Waals surface area contributed by atoms with Gasteiger partial charge in [-0.15, -0.1) is 0 Å². The van der Waals surface area contributed by atoms with E-state index < -0.39 is 0 Å². The molecule has 0 bridgehead atoms. The van der Waals surface area contributed by atoms with Crippen LogP contribution in [0.1, 0.15) is 12.8 Å². The van der Waals surface area contributed by atoms with Crippen molar-refractivity contribution >= 4 is 5.91 Å². The summed E-state index contributed by atoms with van der Waals surface area (Å²) in [6.45, 7) is 3.02. The Hall–Kier alpha value is -0.650. The van der Waals surface area contributed by atoms with Gasteiger partial charge in [-0.25, -0.2) is 0 Å². The van der Waals surface area contributed by atoms with Crippen LogP contribution in [0.25, 0.3) is 0 Å². The van der Waals surface area contributed by atoms with Gasteiger partial charge in [0.25, 0.3) is 0 Å². The van der Waals surface area contributed by atoms with Crippen LogP contribution in [0.5, 0.6) is 0 Å². The Morgan fingerprint density at radius 1 is 1.47 bits per heavy atom. The molecule has 0 saturated carbocycles. The summed E-state index contributed by atoms with van der Waals surface area (Å²) < 4.78 is 10.1. The van der Waals surface area contributed by atoms with Crippen LogP contribution in [-0.2, 0) is 14.3 Å². The highest BCUT2D eigenvalue weighted by atomic mass is 16.5. The van der Waals surface area contributed by atoms with Crippen molar-refractivity contribution in [1.29, 1.82) is 0 Å². The van der Waals surface area contributed by atoms with Gasteiger partial charge in [0.2, 0.25) is 5.91 Å². The molecular weight excluding hydrogens is 196 g/mol. The lowest BCUT2D eigenvalue weighted by molar-refractivity contribution is -0.134. The van der Waals surface area contributed by atoms with Gasteiger partial charge >= 0.3 is 0 Å². The third kappa shape index (κ3) is 4.59. The molecule has 1 heterocycles. The lowest BCUT2D eigenvalue weighted by Gasteiger charge is -2.30. The van der Waals surface area contributed by atoms with E-state index in [1.165, 1.54) is 0 Å². The quantitative estimate of drug-likeness (QED) is 0.614. The first kappa shape index (κ1) is 12.4. The SMILES string of the molecule is COCCOCCN1CC(N)CCC1=O. The van der Waals surface area contributed by atoms with Gasteiger partial charge in [-0.1, -0.05) is 0 Å². The lowest BCUT2D eigenvalue weighted by atomic mass is 10.1. The van der Waals surface area contributed by atoms with Crippen LogP contribution < -0.4 is 5.73 Å². The molecule has 1 unspecified atom stereocenters. The molecule has 1 amide bonds. The summed E-state index contributed by atoms with van der Waals surface area (Å²) in [6, 6.07) is 0.127. The average Bonchev–Trinajstić information content (AvgIpc) is 2.23. The average molecular weight is 216 g/mol. The highest BCUT2D eigenvalue weighted by Gasteiger charge is 2.22. The second-order valence-electron chi connectivity index (χ2n) is 3.74. The highest BCUT2D eigenvalue weighted by Crippen LogP contribution is 2.09. The first-order valence-electron chi connectivity index (χ1n) is 5.34. The molecule has 0 spiro atoms. The molecule has 0 aromatic carbocycles. The van der Waals surface area contributed by atoms with E-state index in [2.05, 4.69) is 0 Å². The summed E-state index contributed by atoms with van der Waals surface area (Å²) in [6.07, 6.45) is 1.37. The van der Waals surface area contributed by atoms with Crippen molar-refractivity contribution in [2.24, 2.45) is 5.73 Å². The third-order valence-corrected chi connectivity index (χ3v) is 2.47. The van der Waals surface area contributed by atoms with Crippen molar-refractivity contribution in [1.82, 2.24) is 4.90 Å². The number of methoxy groups -OCH3 is 1. The van der Waals surface area contributed by atoms with Gasteiger partial charge in [0.1, 0.15) is 0 Å². The van der Waals surface area contributed by atoms with E-state index in [-0.39, 0.29) is 11.9 Å². The molecule has 0 radical (unpaired) electrons. The number of ether oxygens (including phenoxy) is 2. The molecule has 1 fully saturated rings. The summed E-state index contributed by atoms with van der Waals surface area (Å²) in [4.78, 5) is 13.2. The number of nitrogens with two attached hydrogens (primary N) is 1. The standard InChI is InChI=1S/C10H20N2O3/c1-14-6-7-15-5-4-12-8-9(11)2-3-10(12)13/h9H,2-8,11H2,1H3. The molecule has 0 aromatic heterocycles. The van der Waals surface area contributed by atoms with E-state index >= 15 is 0 Å². The monoisotopic (exact) mass is 216 g/mol. The molecule has 0 aliphatic carbocycles. The molecule has 1 aliphatic rings. The second-order valence-corrected chi connectivity index (χ2v) is 3.74. The Morgan fingerprint density at radius 2 is 2.27 bits per heavy atom. The Bertz CT molecular complexity index is 199. The number of nitrogens with zero attached hydrogens (tertiary/aromatic N) is 1. The molecule has 88 valence electrons. The Labute approximate surface area is 90.5 Å². The highest BCUT2D eigenvalue weighted by molar-refractivity contribution is 5.77. The van der Waals surface area contributed by atoms with Crippen LogP contribution in [0.15, 0.2) is 0 Å². The van der Waals surface area contributed by atoms with Crippen LogP contribution in [0, 0.1) is 0 Å². The largest absolute Gasteiger partial charge is 0.382 e. The normalized spacial score (nSPS) is 22.1. The topological polar surface area (TPSA) is 64.8 Å². The summed E-state index contributed by atoms with van der Waals surface area (Å²) in [7, 11) is 1.64. The fourth-order valence-electron chi connectivity index (χ4n) is 1.58. The molecule has 1 atom stereocenters. The number of rotatable bonds is 6. The maximum atomic E-state index is 11.4. The van der Waals surface area contributed by atoms with Crippen molar-refractivity contribution in [3.8, 4) is 0 Å². The Balaban J connectivity index is 2.11. The molecular formula is C10H20N2O3. The zero-order valence-electron chi connectivity index (χ0n) is 9.28. The predicted octanol–water partition coefficient (Wildman–Crippen LogP) is -0.401. The van der Waals surface area contributed by atoms with Gasteiger partial charge in [-0.3, -0.25) is 4.79 Å². The number of amides is 1. The zero-order chi connectivity index (χ0) is 11.1. The number of carbonyl (C=O) groups is 1. The van der Waals surface area contributed by atoms with E-state index in [9.17, 15) is 4.79 Å². The Morgan fingerprint density at radius 3 is 3.00 bits per heavy atom. The van der Waals surface area contributed by atoms with Crippen LogP contribution in [0.3, 0.4) is 0 Å². The maximum absolute atomic E-state index is 11.4. The van der Waals surface area contributed by atoms with E-state index in [1.807, 2.05) is 0 Å². The van der Waals surface area contributed by atoms with Gasteiger partial charge in [-0.05, 0) is 6.42 Å². The van der Waals surface area contributed by atoms with Gasteiger partial charge in [-0.2, -0.15) is 0 Å². The fourth-order valence-corrected chi connectivity index (χ4v) is 1.58. The molecule has 1 rings (SSSR count). The van der Waals surface area contributed by atoms with E-state index in [1.54, 1.807) is 12.0 Å². The van der Waals surface area contributed by atoms with Crippen LogP contribution in [-0.4, -0.2) is 56.9 Å². The summed E-state index contributed by atoms with van der Waals surface area (Å²) in [5.74, 6) is 0.187. The van der Waals surface area contributed by atoms with Crippen LogP contribution in [0.2, 0.25) is 0 Å². The number of hydrogen-bond donors (Lipinski definition) is 1. The smallest absolute Gasteiger partial charge is 0.222 e. The molecule has 0 aromatic rings. The second kappa shape index (κ2) is 6.76. The third-order valence-electron chi connectivity index (χ3n) is 2.47. The van der Waals surface area contributed by atoms with E-state index in [0.717, 1.165) is 6.42 Å². The van der Waals surface area contributed by atoms with Crippen molar-refractivity contribution in [2.75, 3.05) is 40.0 Å². The maximum Gasteiger partial charge on any atom is 0.222 e. The first-order valence-corrected chi connectivity index (χ1v) is 5.34. The van der Waals surface area contributed by atoms with Crippen LogP contribution >= 0.6 is 0 Å². The zero-order valence-corrected chi connectivity index (χ0v) is 9.28. The molecule has 5 heteroatoms. The number of likely N-dealkylation sites (tertiary alicyclic amines) is 1. The van der Waals surface area contributed by atoms with Crippen LogP contribution in [0.4, 0.5) is 0 Å². The minimum absolute atomic E-state index is 0.127. The van der Waals surface area contributed by atoms with E-state index in [0.29, 0.717) is 39.3 Å². The van der Waals surface area contributed by atoms with Gasteiger partial charge in [0, 0.05) is 32.7 Å². The van der Waals surface area contributed by atoms with E-state index in [4.69, 9.17) is 15.2 Å². The molecule has 5 nitrogen and oxygen atoms in total. The summed E-state index contributed by atoms with van der Waals surface area (Å²) >= 11 is 0. The number of carbonyl (C=O) groups excluding carboxylic acids is 1. The summed E-state index contributed by atoms with van der Waals surface area (Å²) in [5.41, 5.74) is 5.78. The van der Waals surface area contributed by atoms with Crippen molar-refractivity contribution in [3.63, 3.8) is 0 Å². The number of piperidine rings is 1. The molecule has 15 heavy (non-hydrogen) atoms. The minimum atomic E-state index is 0.127. The fraction of sp³-hybridized carbons (Fsp3) is 0.900. The molecule has 2 N–H and O–H groups in total. The van der Waals surface area contributed by atoms with Gasteiger partial charge in [0.15, 0.2) is 0 Å². The molecule has 1 saturated heterocycles. The van der Waals surface area contributed by atoms with Crippen molar-refractivity contribution in [2.45, 2.75) is 18.9 Å².